The van der Waals surface area contributed by atoms with Crippen LogP contribution in [-0.4, -0.2) is 59.1 Å². The van der Waals surface area contributed by atoms with Gasteiger partial charge < -0.3 is 27.4 Å². The van der Waals surface area contributed by atoms with E-state index >= 15 is 0 Å². The van der Waals surface area contributed by atoms with Crippen molar-refractivity contribution in [3.05, 3.63) is 101 Å². The van der Waals surface area contributed by atoms with Crippen molar-refractivity contribution in [2.75, 3.05) is 6.54 Å². The van der Waals surface area contributed by atoms with Crippen LogP contribution in [0.1, 0.15) is 66.9 Å². The van der Waals surface area contributed by atoms with E-state index in [1.54, 1.807) is 0 Å². The van der Waals surface area contributed by atoms with E-state index in [1.807, 2.05) is 98.8 Å². The van der Waals surface area contributed by atoms with Gasteiger partial charge in [-0.25, -0.2) is 4.98 Å². The Bertz CT molecular complexity index is 1710. The Morgan fingerprint density at radius 1 is 0.780 bits per heavy atom. The molecule has 3 aromatic carbocycles. The first-order chi connectivity index (χ1) is 24.1. The number of nitrogens with one attached hydrogen (secondary N) is 3. The number of aryl methyl sites for hydroxylation is 2. The summed E-state index contributed by atoms with van der Waals surface area (Å²) in [5, 5.41) is 9.03. The number of nitrogens with zero attached hydrogens (tertiary/aromatic N) is 2. The number of thiazole rings is 1. The first kappa shape index (κ1) is 37.7. The average molecular weight is 698 g/mol. The van der Waals surface area contributed by atoms with Crippen LogP contribution in [0.5, 0.6) is 0 Å². The third kappa shape index (κ3) is 11.5. The normalized spacial score (nSPS) is 13.4. The van der Waals surface area contributed by atoms with Crippen molar-refractivity contribution in [2.24, 2.45) is 22.4 Å². The SMILES string of the molecule is CC[C@@H](C)[C@H](NC(=O)[C@H](CCc1ccccc1)NC(=O)CCc1ccccc1)C(=O)N[C@@H](CCCN=C(N)N)C(=O)c1nc2ccccc2s1. The van der Waals surface area contributed by atoms with Gasteiger partial charge in [0.15, 0.2) is 11.0 Å². The summed E-state index contributed by atoms with van der Waals surface area (Å²) in [5.74, 6) is -1.87. The number of aromatic nitrogens is 1. The van der Waals surface area contributed by atoms with Gasteiger partial charge in [-0.3, -0.25) is 24.2 Å². The molecule has 3 amide bonds. The van der Waals surface area contributed by atoms with Gasteiger partial charge >= 0.3 is 0 Å². The maximum absolute atomic E-state index is 14.0. The second-order valence-corrected chi connectivity index (χ2v) is 13.4. The van der Waals surface area contributed by atoms with E-state index in [0.29, 0.717) is 37.6 Å². The van der Waals surface area contributed by atoms with E-state index in [1.165, 1.54) is 11.3 Å². The molecule has 0 saturated carbocycles. The monoisotopic (exact) mass is 697 g/mol. The molecule has 11 nitrogen and oxygen atoms in total. The van der Waals surface area contributed by atoms with Gasteiger partial charge in [0.2, 0.25) is 23.5 Å². The highest BCUT2D eigenvalue weighted by Gasteiger charge is 2.33. The number of guanidine groups is 1. The van der Waals surface area contributed by atoms with Crippen LogP contribution in [0.3, 0.4) is 0 Å². The summed E-state index contributed by atoms with van der Waals surface area (Å²) < 4.78 is 0.860. The Labute approximate surface area is 297 Å². The predicted molar refractivity (Wildman–Crippen MR) is 199 cm³/mol. The third-order valence-corrected chi connectivity index (χ3v) is 9.63. The zero-order valence-corrected chi connectivity index (χ0v) is 29.5. The summed E-state index contributed by atoms with van der Waals surface area (Å²) in [5.41, 5.74) is 13.7. The number of carbonyl (C=O) groups is 4. The molecular formula is C38H47N7O4S. The lowest BCUT2D eigenvalue weighted by molar-refractivity contribution is -0.133. The summed E-state index contributed by atoms with van der Waals surface area (Å²) in [6.07, 6.45) is 2.90. The van der Waals surface area contributed by atoms with E-state index in [0.717, 1.165) is 15.8 Å². The van der Waals surface area contributed by atoms with Crippen LogP contribution in [0.15, 0.2) is 89.9 Å². The van der Waals surface area contributed by atoms with Crippen molar-refractivity contribution in [3.8, 4) is 0 Å². The lowest BCUT2D eigenvalue weighted by atomic mass is 9.96. The van der Waals surface area contributed by atoms with Crippen molar-refractivity contribution in [3.63, 3.8) is 0 Å². The zero-order valence-electron chi connectivity index (χ0n) is 28.6. The van der Waals surface area contributed by atoms with E-state index in [9.17, 15) is 19.2 Å². The molecule has 4 rings (SSSR count). The Balaban J connectivity index is 1.50. The van der Waals surface area contributed by atoms with E-state index in [4.69, 9.17) is 11.5 Å². The number of nitrogens with two attached hydrogens (primary N) is 2. The van der Waals surface area contributed by atoms with Gasteiger partial charge in [0.1, 0.15) is 12.1 Å². The smallest absolute Gasteiger partial charge is 0.243 e. The molecule has 4 atom stereocenters. The standard InChI is InChI=1S/C38H47N7O4S/c1-3-25(2)33(36(49)43-29(18-12-24-41-38(39)40)34(47)37-44-28-17-10-11-19-31(28)50-37)45-35(48)30(22-20-26-13-6-4-7-14-26)42-32(46)23-21-27-15-8-5-9-16-27/h4-11,13-17,19,25,29-30,33H,3,12,18,20-24H2,1-2H3,(H,42,46)(H,43,49)(H,45,48)(H4,39,40,41)/t25-,29+,30+,33+/m1/s1. The molecule has 0 aliphatic rings. The maximum Gasteiger partial charge on any atom is 0.243 e. The maximum atomic E-state index is 14.0. The van der Waals surface area contributed by atoms with Crippen molar-refractivity contribution in [1.29, 1.82) is 0 Å². The number of ketones is 1. The number of carbonyl (C=O) groups excluding carboxylic acids is 4. The molecule has 0 spiro atoms. The first-order valence-corrected chi connectivity index (χ1v) is 17.9. The van der Waals surface area contributed by atoms with Gasteiger partial charge in [0.05, 0.1) is 16.3 Å². The van der Waals surface area contributed by atoms with Gasteiger partial charge in [-0.15, -0.1) is 11.3 Å². The van der Waals surface area contributed by atoms with E-state index in [-0.39, 0.29) is 48.0 Å². The molecule has 1 aromatic heterocycles. The number of Topliss-reactive ketones (excluding diaryl/α,β-unsaturated/α-hetero) is 1. The number of para-hydroxylation sites is 1. The summed E-state index contributed by atoms with van der Waals surface area (Å²) in [7, 11) is 0. The number of fused-ring (bicyclic) bond motifs is 1. The average Bonchev–Trinajstić information content (AvgIpc) is 3.57. The number of hydrogen-bond donors (Lipinski definition) is 5. The summed E-state index contributed by atoms with van der Waals surface area (Å²) in [4.78, 5) is 63.3. The number of rotatable bonds is 19. The number of amides is 3. The lowest BCUT2D eigenvalue weighted by Gasteiger charge is -2.28. The molecule has 0 unspecified atom stereocenters. The van der Waals surface area contributed by atoms with Crippen LogP contribution in [0.25, 0.3) is 10.2 Å². The summed E-state index contributed by atoms with van der Waals surface area (Å²) in [6.45, 7) is 4.07. The minimum absolute atomic E-state index is 0.0587. The molecule has 4 aromatic rings. The molecule has 0 aliphatic heterocycles. The van der Waals surface area contributed by atoms with Gasteiger partial charge in [-0.2, -0.15) is 0 Å². The van der Waals surface area contributed by atoms with E-state index in [2.05, 4.69) is 25.9 Å². The number of hydrogen-bond acceptors (Lipinski definition) is 7. The summed E-state index contributed by atoms with van der Waals surface area (Å²) in [6, 6.07) is 24.1. The molecule has 1 heterocycles. The van der Waals surface area contributed by atoms with Crippen LogP contribution < -0.4 is 27.4 Å². The largest absolute Gasteiger partial charge is 0.370 e. The predicted octanol–water partition coefficient (Wildman–Crippen LogP) is 4.30. The molecule has 0 bridgehead atoms. The van der Waals surface area contributed by atoms with Crippen molar-refractivity contribution in [2.45, 2.75) is 76.9 Å². The van der Waals surface area contributed by atoms with Crippen LogP contribution >= 0.6 is 11.3 Å². The quantitative estimate of drug-likeness (QED) is 0.0419. The highest BCUT2D eigenvalue weighted by molar-refractivity contribution is 7.20. The van der Waals surface area contributed by atoms with Gasteiger partial charge in [0, 0.05) is 13.0 Å². The van der Waals surface area contributed by atoms with Gasteiger partial charge in [0.25, 0.3) is 0 Å². The number of aliphatic imine (C=N–C) groups is 1. The second kappa shape index (κ2) is 19.2. The highest BCUT2D eigenvalue weighted by Crippen LogP contribution is 2.23. The molecule has 0 fully saturated rings. The van der Waals surface area contributed by atoms with Crippen LogP contribution in [0.4, 0.5) is 0 Å². The Hall–Kier alpha value is -5.10. The molecule has 0 saturated heterocycles. The van der Waals surface area contributed by atoms with Crippen LogP contribution in [0.2, 0.25) is 0 Å². The van der Waals surface area contributed by atoms with Crippen molar-refractivity contribution >= 4 is 51.0 Å². The molecule has 0 radical (unpaired) electrons. The number of benzene rings is 3. The molecule has 7 N–H and O–H groups in total. The first-order valence-electron chi connectivity index (χ1n) is 17.1. The van der Waals surface area contributed by atoms with Gasteiger partial charge in [-0.1, -0.05) is 93.1 Å². The fraction of sp³-hybridized carbons (Fsp3) is 0.368. The third-order valence-electron chi connectivity index (χ3n) is 8.58. The second-order valence-electron chi connectivity index (χ2n) is 12.4. The van der Waals surface area contributed by atoms with E-state index < -0.39 is 29.9 Å². The molecule has 12 heteroatoms. The molecule has 0 aliphatic carbocycles. The fourth-order valence-electron chi connectivity index (χ4n) is 5.51. The van der Waals surface area contributed by atoms with Gasteiger partial charge in [-0.05, 0) is 61.3 Å². The van der Waals surface area contributed by atoms with Crippen LogP contribution in [0, 0.1) is 5.92 Å². The highest BCUT2D eigenvalue weighted by atomic mass is 32.1. The molecule has 50 heavy (non-hydrogen) atoms. The summed E-state index contributed by atoms with van der Waals surface area (Å²) >= 11 is 1.26. The molecular weight excluding hydrogens is 651 g/mol. The molecule has 264 valence electrons. The Morgan fingerprint density at radius 2 is 1.42 bits per heavy atom. The minimum Gasteiger partial charge on any atom is -0.370 e. The fourth-order valence-corrected chi connectivity index (χ4v) is 6.47. The minimum atomic E-state index is -0.962. The Morgan fingerprint density at radius 3 is 2.06 bits per heavy atom. The zero-order chi connectivity index (χ0) is 35.9. The van der Waals surface area contributed by atoms with Crippen molar-refractivity contribution in [1.82, 2.24) is 20.9 Å². The van der Waals surface area contributed by atoms with Crippen LogP contribution in [-0.2, 0) is 27.2 Å². The topological polar surface area (TPSA) is 182 Å². The van der Waals surface area contributed by atoms with Crippen molar-refractivity contribution < 1.29 is 19.2 Å². The lowest BCUT2D eigenvalue weighted by Crippen LogP contribution is -2.57. The Kier molecular flexibility index (Phi) is 14.5.